The van der Waals surface area contributed by atoms with Gasteiger partial charge >= 0.3 is 0 Å². The predicted octanol–water partition coefficient (Wildman–Crippen LogP) is 1.91. The minimum absolute atomic E-state index is 0.0696. The highest BCUT2D eigenvalue weighted by Gasteiger charge is 2.07. The van der Waals surface area contributed by atoms with E-state index >= 15 is 0 Å². The van der Waals surface area contributed by atoms with Crippen LogP contribution in [-0.2, 0) is 6.42 Å². The van der Waals surface area contributed by atoms with E-state index in [0.29, 0.717) is 12.1 Å². The van der Waals surface area contributed by atoms with E-state index in [1.54, 1.807) is 18.2 Å². The minimum atomic E-state index is -0.0696. The van der Waals surface area contributed by atoms with E-state index < -0.39 is 0 Å². The number of phenolic OH excluding ortho intramolecular Hbond substituents is 1. The van der Waals surface area contributed by atoms with Crippen molar-refractivity contribution in [3.63, 3.8) is 0 Å². The number of Topliss-reactive ketones (excluding diaryl/α,β-unsaturated/α-hetero) is 1. The summed E-state index contributed by atoms with van der Waals surface area (Å²) in [7, 11) is 0. The van der Waals surface area contributed by atoms with Gasteiger partial charge in [-0.25, -0.2) is 0 Å². The van der Waals surface area contributed by atoms with Crippen molar-refractivity contribution in [3.8, 4) is 5.75 Å². The molecule has 0 unspecified atom stereocenters. The van der Waals surface area contributed by atoms with Crippen LogP contribution in [-0.4, -0.2) is 21.1 Å². The summed E-state index contributed by atoms with van der Waals surface area (Å²) in [4.78, 5) is 11.0. The average Bonchev–Trinajstić information content (AvgIpc) is 2.70. The van der Waals surface area contributed by atoms with E-state index in [9.17, 15) is 9.90 Å². The average molecular weight is 216 g/mol. The molecule has 1 aromatic carbocycles. The van der Waals surface area contributed by atoms with Crippen molar-refractivity contribution in [2.24, 2.45) is 0 Å². The number of nitrogens with one attached hydrogen (secondary N) is 1. The van der Waals surface area contributed by atoms with Crippen LogP contribution >= 0.6 is 0 Å². The molecule has 0 radical (unpaired) electrons. The first-order chi connectivity index (χ1) is 7.66. The molecule has 0 aliphatic carbocycles. The molecule has 0 saturated heterocycles. The molecule has 1 aromatic heterocycles. The van der Waals surface area contributed by atoms with Gasteiger partial charge in [-0.1, -0.05) is 18.2 Å². The van der Waals surface area contributed by atoms with Crippen molar-refractivity contribution in [2.45, 2.75) is 13.3 Å². The number of aromatic amines is 1. The Morgan fingerprint density at radius 1 is 1.44 bits per heavy atom. The number of carbonyl (C=O) groups is 1. The largest absolute Gasteiger partial charge is 0.508 e. The van der Waals surface area contributed by atoms with Crippen LogP contribution in [0, 0.1) is 0 Å². The molecule has 0 fully saturated rings. The molecular weight excluding hydrogens is 204 g/mol. The fourth-order valence-electron chi connectivity index (χ4n) is 1.50. The molecule has 0 atom stereocenters. The maximum absolute atomic E-state index is 11.0. The summed E-state index contributed by atoms with van der Waals surface area (Å²) in [5.41, 5.74) is 2.04. The first-order valence-corrected chi connectivity index (χ1v) is 4.99. The zero-order chi connectivity index (χ0) is 11.5. The number of benzene rings is 1. The van der Waals surface area contributed by atoms with Crippen LogP contribution in [0.5, 0.6) is 5.75 Å². The molecule has 0 spiro atoms. The van der Waals surface area contributed by atoms with Gasteiger partial charge in [0.2, 0.25) is 0 Å². The van der Waals surface area contributed by atoms with Crippen LogP contribution in [0.3, 0.4) is 0 Å². The molecule has 0 aliphatic rings. The molecule has 4 nitrogen and oxygen atoms in total. The van der Waals surface area contributed by atoms with E-state index in [1.165, 1.54) is 6.92 Å². The molecule has 2 N–H and O–H groups in total. The van der Waals surface area contributed by atoms with Gasteiger partial charge in [0.25, 0.3) is 0 Å². The van der Waals surface area contributed by atoms with Crippen LogP contribution in [0.1, 0.15) is 28.7 Å². The summed E-state index contributed by atoms with van der Waals surface area (Å²) in [6, 6.07) is 8.81. The SMILES string of the molecule is CC(=O)c1cc(Cc2ccccc2O)[nH]n1. The smallest absolute Gasteiger partial charge is 0.179 e. The zero-order valence-corrected chi connectivity index (χ0v) is 8.90. The fourth-order valence-corrected chi connectivity index (χ4v) is 1.50. The molecule has 82 valence electrons. The van der Waals surface area contributed by atoms with Crippen LogP contribution in [0.4, 0.5) is 0 Å². The lowest BCUT2D eigenvalue weighted by Crippen LogP contribution is -1.90. The van der Waals surface area contributed by atoms with E-state index in [1.807, 2.05) is 12.1 Å². The summed E-state index contributed by atoms with van der Waals surface area (Å²) < 4.78 is 0. The van der Waals surface area contributed by atoms with Crippen LogP contribution in [0.15, 0.2) is 30.3 Å². The van der Waals surface area contributed by atoms with E-state index in [0.717, 1.165) is 11.3 Å². The number of aromatic nitrogens is 2. The topological polar surface area (TPSA) is 66.0 Å². The Hall–Kier alpha value is -2.10. The van der Waals surface area contributed by atoms with Gasteiger partial charge in [-0.15, -0.1) is 0 Å². The molecule has 2 aromatic rings. The number of aromatic hydroxyl groups is 1. The number of ketones is 1. The number of hydrogen-bond donors (Lipinski definition) is 2. The third-order valence-electron chi connectivity index (χ3n) is 2.36. The van der Waals surface area contributed by atoms with Gasteiger partial charge in [-0.05, 0) is 17.7 Å². The van der Waals surface area contributed by atoms with Crippen molar-refractivity contribution in [1.82, 2.24) is 10.2 Å². The Balaban J connectivity index is 2.21. The molecule has 0 saturated carbocycles. The van der Waals surface area contributed by atoms with E-state index in [2.05, 4.69) is 10.2 Å². The third-order valence-corrected chi connectivity index (χ3v) is 2.36. The number of carbonyl (C=O) groups excluding carboxylic acids is 1. The van der Waals surface area contributed by atoms with E-state index in [4.69, 9.17) is 0 Å². The Labute approximate surface area is 92.9 Å². The number of H-pyrrole nitrogens is 1. The van der Waals surface area contributed by atoms with Gasteiger partial charge in [0, 0.05) is 19.0 Å². The summed E-state index contributed by atoms with van der Waals surface area (Å²) in [6.07, 6.45) is 0.535. The fraction of sp³-hybridized carbons (Fsp3) is 0.167. The molecule has 0 bridgehead atoms. The van der Waals surface area contributed by atoms with Crippen molar-refractivity contribution in [3.05, 3.63) is 47.3 Å². The first kappa shape index (κ1) is 10.4. The lowest BCUT2D eigenvalue weighted by Gasteiger charge is -2.01. The van der Waals surface area contributed by atoms with Gasteiger partial charge in [0.1, 0.15) is 11.4 Å². The predicted molar refractivity (Wildman–Crippen MR) is 59.5 cm³/mol. The van der Waals surface area contributed by atoms with Gasteiger partial charge in [-0.3, -0.25) is 9.89 Å². The third kappa shape index (κ3) is 2.11. The Bertz CT molecular complexity index is 517. The second-order valence-electron chi connectivity index (χ2n) is 3.64. The zero-order valence-electron chi connectivity index (χ0n) is 8.90. The van der Waals surface area contributed by atoms with Crippen molar-refractivity contribution in [1.29, 1.82) is 0 Å². The standard InChI is InChI=1S/C12H12N2O2/c1-8(15)11-7-10(13-14-11)6-9-4-2-3-5-12(9)16/h2-5,7,16H,6H2,1H3,(H,13,14). The minimum Gasteiger partial charge on any atom is -0.508 e. The summed E-state index contributed by atoms with van der Waals surface area (Å²) in [6.45, 7) is 1.47. The molecular formula is C12H12N2O2. The highest BCUT2D eigenvalue weighted by atomic mass is 16.3. The van der Waals surface area contributed by atoms with Crippen molar-refractivity contribution < 1.29 is 9.90 Å². The summed E-state index contributed by atoms with van der Waals surface area (Å²) >= 11 is 0. The van der Waals surface area contributed by atoms with Gasteiger partial charge in [0.05, 0.1) is 0 Å². The molecule has 1 heterocycles. The van der Waals surface area contributed by atoms with Crippen LogP contribution < -0.4 is 0 Å². The quantitative estimate of drug-likeness (QED) is 0.770. The monoisotopic (exact) mass is 216 g/mol. The lowest BCUT2D eigenvalue weighted by atomic mass is 10.1. The second-order valence-corrected chi connectivity index (χ2v) is 3.64. The maximum atomic E-state index is 11.0. The maximum Gasteiger partial charge on any atom is 0.179 e. The Morgan fingerprint density at radius 3 is 2.81 bits per heavy atom. The normalized spacial score (nSPS) is 10.3. The highest BCUT2D eigenvalue weighted by Crippen LogP contribution is 2.18. The Kier molecular flexibility index (Phi) is 2.72. The molecule has 2 rings (SSSR count). The lowest BCUT2D eigenvalue weighted by molar-refractivity contribution is 0.101. The second kappa shape index (κ2) is 4.18. The van der Waals surface area contributed by atoms with Crippen molar-refractivity contribution in [2.75, 3.05) is 0 Å². The van der Waals surface area contributed by atoms with Crippen molar-refractivity contribution >= 4 is 5.78 Å². The van der Waals surface area contributed by atoms with Gasteiger partial charge in [0.15, 0.2) is 5.78 Å². The van der Waals surface area contributed by atoms with Gasteiger partial charge in [-0.2, -0.15) is 5.10 Å². The number of hydrogen-bond acceptors (Lipinski definition) is 3. The van der Waals surface area contributed by atoms with Crippen LogP contribution in [0.2, 0.25) is 0 Å². The Morgan fingerprint density at radius 2 is 2.19 bits per heavy atom. The molecule has 4 heteroatoms. The van der Waals surface area contributed by atoms with Crippen LogP contribution in [0.25, 0.3) is 0 Å². The molecule has 0 amide bonds. The summed E-state index contributed by atoms with van der Waals surface area (Å²) in [5, 5.41) is 16.3. The number of phenols is 1. The number of nitrogens with zero attached hydrogens (tertiary/aromatic N) is 1. The number of rotatable bonds is 3. The molecule has 0 aliphatic heterocycles. The number of para-hydroxylation sites is 1. The highest BCUT2D eigenvalue weighted by molar-refractivity contribution is 5.92. The molecule has 16 heavy (non-hydrogen) atoms. The summed E-state index contributed by atoms with van der Waals surface area (Å²) in [5.74, 6) is 0.182. The van der Waals surface area contributed by atoms with E-state index in [-0.39, 0.29) is 11.5 Å². The first-order valence-electron chi connectivity index (χ1n) is 4.99. The van der Waals surface area contributed by atoms with Gasteiger partial charge < -0.3 is 5.11 Å².